The summed E-state index contributed by atoms with van der Waals surface area (Å²) in [7, 11) is 0. The topological polar surface area (TPSA) is 75.3 Å². The number of benzene rings is 1. The summed E-state index contributed by atoms with van der Waals surface area (Å²) in [6, 6.07) is 3.36. The van der Waals surface area contributed by atoms with E-state index in [0.29, 0.717) is 17.2 Å². The Labute approximate surface area is 108 Å². The van der Waals surface area contributed by atoms with Crippen LogP contribution in [-0.2, 0) is 0 Å². The van der Waals surface area contributed by atoms with Crippen molar-refractivity contribution in [3.63, 3.8) is 0 Å². The van der Waals surface area contributed by atoms with Crippen molar-refractivity contribution in [3.8, 4) is 0 Å². The van der Waals surface area contributed by atoms with Crippen LogP contribution in [0.5, 0.6) is 0 Å². The summed E-state index contributed by atoms with van der Waals surface area (Å²) in [4.78, 5) is 11.2. The Balaban J connectivity index is 3.18. The number of carboxylic acids is 1. The van der Waals surface area contributed by atoms with Crippen molar-refractivity contribution in [1.29, 1.82) is 0 Å². The quantitative estimate of drug-likeness (QED) is 0.702. The lowest BCUT2D eigenvalue weighted by molar-refractivity contribution is 0.0695. The predicted molar refractivity (Wildman–Crippen MR) is 75.2 cm³/mol. The molecule has 0 heterocycles. The number of carbonyl (C=O) groups is 1. The fraction of sp³-hybridized carbons (Fsp3) is 0.500. The van der Waals surface area contributed by atoms with Gasteiger partial charge in [0.1, 0.15) is 0 Å². The van der Waals surface area contributed by atoms with Crippen LogP contribution in [-0.4, -0.2) is 17.6 Å². The minimum Gasteiger partial charge on any atom is -0.478 e. The molecular weight excluding hydrogens is 228 g/mol. The van der Waals surface area contributed by atoms with Gasteiger partial charge in [0.25, 0.3) is 0 Å². The Kier molecular flexibility index (Phi) is 4.59. The van der Waals surface area contributed by atoms with Crippen molar-refractivity contribution in [1.82, 2.24) is 0 Å². The highest BCUT2D eigenvalue weighted by molar-refractivity contribution is 5.93. The molecule has 0 unspecified atom stereocenters. The van der Waals surface area contributed by atoms with Crippen molar-refractivity contribution in [2.45, 2.75) is 33.6 Å². The van der Waals surface area contributed by atoms with Crippen molar-refractivity contribution < 1.29 is 9.90 Å². The van der Waals surface area contributed by atoms with Gasteiger partial charge in [0.05, 0.1) is 16.9 Å². The Bertz CT molecular complexity index is 440. The van der Waals surface area contributed by atoms with E-state index >= 15 is 0 Å². The van der Waals surface area contributed by atoms with Gasteiger partial charge in [0.15, 0.2) is 0 Å². The SMILES string of the molecule is CC(C)CNc1ccc(C(=O)O)c(C(C)C)c1N. The molecule has 4 heteroatoms. The van der Waals surface area contributed by atoms with Crippen LogP contribution in [0.15, 0.2) is 12.1 Å². The number of aromatic carboxylic acids is 1. The van der Waals surface area contributed by atoms with Gasteiger partial charge < -0.3 is 16.2 Å². The van der Waals surface area contributed by atoms with Crippen molar-refractivity contribution in [2.24, 2.45) is 5.92 Å². The molecule has 0 aliphatic carbocycles. The highest BCUT2D eigenvalue weighted by atomic mass is 16.4. The molecule has 0 fully saturated rings. The summed E-state index contributed by atoms with van der Waals surface area (Å²) < 4.78 is 0. The molecule has 0 aliphatic rings. The zero-order valence-corrected chi connectivity index (χ0v) is 11.4. The van der Waals surface area contributed by atoms with E-state index in [2.05, 4.69) is 19.2 Å². The van der Waals surface area contributed by atoms with Gasteiger partial charge in [-0.25, -0.2) is 4.79 Å². The lowest BCUT2D eigenvalue weighted by Gasteiger charge is -2.18. The summed E-state index contributed by atoms with van der Waals surface area (Å²) in [6.07, 6.45) is 0. The second-order valence-corrected chi connectivity index (χ2v) is 5.22. The number of carboxylic acid groups (broad SMARTS) is 1. The number of hydrogen-bond donors (Lipinski definition) is 3. The molecule has 0 aromatic heterocycles. The van der Waals surface area contributed by atoms with Crippen LogP contribution < -0.4 is 11.1 Å². The Morgan fingerprint density at radius 3 is 2.39 bits per heavy atom. The van der Waals surface area contributed by atoms with Crippen LogP contribution in [0, 0.1) is 5.92 Å². The molecule has 0 amide bonds. The first-order valence-corrected chi connectivity index (χ1v) is 6.24. The van der Waals surface area contributed by atoms with Gasteiger partial charge in [0.2, 0.25) is 0 Å². The molecule has 0 aliphatic heterocycles. The smallest absolute Gasteiger partial charge is 0.336 e. The average molecular weight is 250 g/mol. The zero-order chi connectivity index (χ0) is 13.9. The molecule has 0 saturated carbocycles. The van der Waals surface area contributed by atoms with E-state index in [1.807, 2.05) is 13.8 Å². The maximum absolute atomic E-state index is 11.2. The minimum atomic E-state index is -0.930. The first-order chi connectivity index (χ1) is 8.34. The number of nitrogens with one attached hydrogen (secondary N) is 1. The van der Waals surface area contributed by atoms with E-state index in [1.165, 1.54) is 0 Å². The molecule has 4 N–H and O–H groups in total. The molecule has 1 aromatic rings. The molecule has 100 valence electrons. The summed E-state index contributed by atoms with van der Waals surface area (Å²) in [5.41, 5.74) is 8.44. The van der Waals surface area contributed by atoms with Gasteiger partial charge >= 0.3 is 5.97 Å². The van der Waals surface area contributed by atoms with Gasteiger partial charge in [-0.15, -0.1) is 0 Å². The molecule has 1 rings (SSSR count). The maximum Gasteiger partial charge on any atom is 0.336 e. The van der Waals surface area contributed by atoms with Gasteiger partial charge in [0, 0.05) is 6.54 Å². The number of hydrogen-bond acceptors (Lipinski definition) is 3. The molecule has 0 atom stereocenters. The predicted octanol–water partition coefficient (Wildman–Crippen LogP) is 3.16. The normalized spacial score (nSPS) is 11.0. The Hall–Kier alpha value is -1.71. The summed E-state index contributed by atoms with van der Waals surface area (Å²) in [6.45, 7) is 8.93. The minimum absolute atomic E-state index is 0.0805. The first kappa shape index (κ1) is 14.4. The highest BCUT2D eigenvalue weighted by Gasteiger charge is 2.18. The van der Waals surface area contributed by atoms with Gasteiger partial charge in [-0.05, 0) is 29.5 Å². The van der Waals surface area contributed by atoms with Crippen molar-refractivity contribution in [3.05, 3.63) is 23.3 Å². The summed E-state index contributed by atoms with van der Waals surface area (Å²) in [5, 5.41) is 12.4. The van der Waals surface area contributed by atoms with Crippen LogP contribution in [0.3, 0.4) is 0 Å². The van der Waals surface area contributed by atoms with Crippen LogP contribution >= 0.6 is 0 Å². The van der Waals surface area contributed by atoms with Crippen LogP contribution in [0.4, 0.5) is 11.4 Å². The zero-order valence-electron chi connectivity index (χ0n) is 11.4. The van der Waals surface area contributed by atoms with Crippen LogP contribution in [0.25, 0.3) is 0 Å². The molecule has 0 spiro atoms. The number of nitrogen functional groups attached to an aromatic ring is 1. The van der Waals surface area contributed by atoms with E-state index in [-0.39, 0.29) is 11.5 Å². The van der Waals surface area contributed by atoms with E-state index in [0.717, 1.165) is 12.2 Å². The lowest BCUT2D eigenvalue weighted by atomic mass is 9.94. The van der Waals surface area contributed by atoms with Crippen molar-refractivity contribution in [2.75, 3.05) is 17.6 Å². The number of anilines is 2. The Morgan fingerprint density at radius 2 is 1.94 bits per heavy atom. The highest BCUT2D eigenvalue weighted by Crippen LogP contribution is 2.32. The lowest BCUT2D eigenvalue weighted by Crippen LogP contribution is -2.13. The molecule has 0 radical (unpaired) electrons. The largest absolute Gasteiger partial charge is 0.478 e. The second-order valence-electron chi connectivity index (χ2n) is 5.22. The van der Waals surface area contributed by atoms with E-state index in [9.17, 15) is 9.90 Å². The van der Waals surface area contributed by atoms with Crippen LogP contribution in [0.1, 0.15) is 49.5 Å². The molecule has 1 aromatic carbocycles. The third-order valence-corrected chi connectivity index (χ3v) is 2.80. The maximum atomic E-state index is 11.2. The first-order valence-electron chi connectivity index (χ1n) is 6.24. The van der Waals surface area contributed by atoms with Crippen molar-refractivity contribution >= 4 is 17.3 Å². The summed E-state index contributed by atoms with van der Waals surface area (Å²) in [5.74, 6) is -0.344. The summed E-state index contributed by atoms with van der Waals surface area (Å²) >= 11 is 0. The molecule has 0 bridgehead atoms. The second kappa shape index (κ2) is 5.76. The van der Waals surface area contributed by atoms with E-state index < -0.39 is 5.97 Å². The van der Waals surface area contributed by atoms with Gasteiger partial charge in [-0.2, -0.15) is 0 Å². The van der Waals surface area contributed by atoms with Gasteiger partial charge in [-0.3, -0.25) is 0 Å². The molecular formula is C14H22N2O2. The fourth-order valence-corrected chi connectivity index (χ4v) is 1.91. The van der Waals surface area contributed by atoms with E-state index in [1.54, 1.807) is 12.1 Å². The monoisotopic (exact) mass is 250 g/mol. The molecule has 4 nitrogen and oxygen atoms in total. The average Bonchev–Trinajstić information content (AvgIpc) is 2.25. The van der Waals surface area contributed by atoms with Gasteiger partial charge in [-0.1, -0.05) is 27.7 Å². The number of rotatable bonds is 5. The number of nitrogens with two attached hydrogens (primary N) is 1. The van der Waals surface area contributed by atoms with Crippen LogP contribution in [0.2, 0.25) is 0 Å². The third-order valence-electron chi connectivity index (χ3n) is 2.80. The Morgan fingerprint density at radius 1 is 1.33 bits per heavy atom. The fourth-order valence-electron chi connectivity index (χ4n) is 1.91. The molecule has 18 heavy (non-hydrogen) atoms. The molecule has 0 saturated heterocycles. The third kappa shape index (κ3) is 3.15. The van der Waals surface area contributed by atoms with E-state index in [4.69, 9.17) is 5.73 Å². The standard InChI is InChI=1S/C14H22N2O2/c1-8(2)7-16-11-6-5-10(14(17)18)12(9(3)4)13(11)15/h5-6,8-9,16H,7,15H2,1-4H3,(H,17,18).